The summed E-state index contributed by atoms with van der Waals surface area (Å²) in [5.41, 5.74) is 5.53. The van der Waals surface area contributed by atoms with Crippen LogP contribution in [0, 0.1) is 11.7 Å². The van der Waals surface area contributed by atoms with Crippen LogP contribution < -0.4 is 10.5 Å². The third-order valence-corrected chi connectivity index (χ3v) is 5.83. The maximum atomic E-state index is 13.3. The van der Waals surface area contributed by atoms with E-state index in [-0.39, 0.29) is 15.1 Å². The number of hydrogen-bond donors (Lipinski definition) is 2. The molecule has 0 bridgehead atoms. The van der Waals surface area contributed by atoms with E-state index in [0.717, 1.165) is 32.0 Å². The van der Waals surface area contributed by atoms with Crippen molar-refractivity contribution in [2.24, 2.45) is 5.92 Å². The fourth-order valence-corrected chi connectivity index (χ4v) is 4.10. The second-order valence-electron chi connectivity index (χ2n) is 5.40. The standard InChI is InChI=1S/C13H19BrFN3O2S/c1-18-4-2-9(3-5-18)8-17-21(19,20)13-6-10(14)11(15)7-12(13)16/h6-7,9,17H,2-5,8,16H2,1H3. The van der Waals surface area contributed by atoms with Gasteiger partial charge in [-0.1, -0.05) is 0 Å². The van der Waals surface area contributed by atoms with Crippen molar-refractivity contribution < 1.29 is 12.8 Å². The highest BCUT2D eigenvalue weighted by Gasteiger charge is 2.23. The molecule has 1 saturated heterocycles. The van der Waals surface area contributed by atoms with Gasteiger partial charge in [-0.25, -0.2) is 17.5 Å². The number of nitrogens with zero attached hydrogens (tertiary/aromatic N) is 1. The van der Waals surface area contributed by atoms with Crippen molar-refractivity contribution in [1.82, 2.24) is 9.62 Å². The van der Waals surface area contributed by atoms with Gasteiger partial charge in [0.15, 0.2) is 0 Å². The molecule has 0 aliphatic carbocycles. The summed E-state index contributed by atoms with van der Waals surface area (Å²) in [6.07, 6.45) is 1.92. The molecule has 1 heterocycles. The number of likely N-dealkylation sites (tertiary alicyclic amines) is 1. The minimum Gasteiger partial charge on any atom is -0.398 e. The molecule has 0 unspecified atom stereocenters. The third-order valence-electron chi connectivity index (χ3n) is 3.74. The molecular formula is C13H19BrFN3O2S. The van der Waals surface area contributed by atoms with Crippen LogP contribution in [-0.2, 0) is 10.0 Å². The molecule has 0 atom stereocenters. The predicted octanol–water partition coefficient (Wildman–Crippen LogP) is 1.79. The monoisotopic (exact) mass is 379 g/mol. The lowest BCUT2D eigenvalue weighted by atomic mass is 9.98. The van der Waals surface area contributed by atoms with Crippen molar-refractivity contribution in [2.45, 2.75) is 17.7 Å². The quantitative estimate of drug-likeness (QED) is 0.781. The van der Waals surface area contributed by atoms with Gasteiger partial charge in [-0.05, 0) is 67.0 Å². The number of piperidine rings is 1. The lowest BCUT2D eigenvalue weighted by molar-refractivity contribution is 0.220. The average molecular weight is 380 g/mol. The summed E-state index contributed by atoms with van der Waals surface area (Å²) < 4.78 is 40.5. The SMILES string of the molecule is CN1CCC(CNS(=O)(=O)c2cc(Br)c(F)cc2N)CC1. The fraction of sp³-hybridized carbons (Fsp3) is 0.538. The topological polar surface area (TPSA) is 75.4 Å². The van der Waals surface area contributed by atoms with Crippen LogP contribution >= 0.6 is 15.9 Å². The molecule has 0 amide bonds. The van der Waals surface area contributed by atoms with Crippen molar-refractivity contribution in [2.75, 3.05) is 32.4 Å². The molecule has 3 N–H and O–H groups in total. The van der Waals surface area contributed by atoms with E-state index in [0.29, 0.717) is 12.5 Å². The Kier molecular flexibility index (Phi) is 5.24. The minimum absolute atomic E-state index is 0.0800. The van der Waals surface area contributed by atoms with Crippen molar-refractivity contribution >= 4 is 31.6 Å². The van der Waals surface area contributed by atoms with Gasteiger partial charge in [0.1, 0.15) is 10.7 Å². The highest BCUT2D eigenvalue weighted by atomic mass is 79.9. The van der Waals surface area contributed by atoms with Crippen LogP contribution in [0.2, 0.25) is 0 Å². The Bertz CT molecular complexity index is 616. The molecule has 1 aromatic carbocycles. The molecule has 118 valence electrons. The van der Waals surface area contributed by atoms with Gasteiger partial charge in [0, 0.05) is 6.54 Å². The Morgan fingerprint density at radius 2 is 2.05 bits per heavy atom. The second kappa shape index (κ2) is 6.60. The Labute approximate surface area is 132 Å². The largest absolute Gasteiger partial charge is 0.398 e. The molecular weight excluding hydrogens is 361 g/mol. The lowest BCUT2D eigenvalue weighted by Crippen LogP contribution is -2.37. The van der Waals surface area contributed by atoms with E-state index in [2.05, 4.69) is 32.6 Å². The smallest absolute Gasteiger partial charge is 0.242 e. The van der Waals surface area contributed by atoms with Crippen LogP contribution in [0.25, 0.3) is 0 Å². The summed E-state index contributed by atoms with van der Waals surface area (Å²) in [6, 6.07) is 2.20. The summed E-state index contributed by atoms with van der Waals surface area (Å²) >= 11 is 2.98. The van der Waals surface area contributed by atoms with E-state index in [1.807, 2.05) is 0 Å². The van der Waals surface area contributed by atoms with Gasteiger partial charge in [-0.3, -0.25) is 0 Å². The van der Waals surface area contributed by atoms with Crippen LogP contribution in [0.5, 0.6) is 0 Å². The number of nitrogens with one attached hydrogen (secondary N) is 1. The highest BCUT2D eigenvalue weighted by molar-refractivity contribution is 9.10. The maximum absolute atomic E-state index is 13.3. The third kappa shape index (κ3) is 4.15. The molecule has 1 aliphatic heterocycles. The predicted molar refractivity (Wildman–Crippen MR) is 83.9 cm³/mol. The molecule has 1 fully saturated rings. The number of anilines is 1. The van der Waals surface area contributed by atoms with Crippen molar-refractivity contribution in [3.63, 3.8) is 0 Å². The van der Waals surface area contributed by atoms with Gasteiger partial charge in [0.05, 0.1) is 10.2 Å². The maximum Gasteiger partial charge on any atom is 0.242 e. The van der Waals surface area contributed by atoms with E-state index in [1.165, 1.54) is 6.07 Å². The molecule has 0 aromatic heterocycles. The zero-order valence-electron chi connectivity index (χ0n) is 11.8. The van der Waals surface area contributed by atoms with Crippen LogP contribution in [0.3, 0.4) is 0 Å². The summed E-state index contributed by atoms with van der Waals surface area (Å²) in [5.74, 6) is -0.261. The number of nitrogens with two attached hydrogens (primary N) is 1. The van der Waals surface area contributed by atoms with Gasteiger partial charge in [-0.15, -0.1) is 0 Å². The Morgan fingerprint density at radius 3 is 2.67 bits per heavy atom. The zero-order chi connectivity index (χ0) is 15.6. The summed E-state index contributed by atoms with van der Waals surface area (Å²) in [4.78, 5) is 2.13. The number of hydrogen-bond acceptors (Lipinski definition) is 4. The van der Waals surface area contributed by atoms with Crippen LogP contribution in [0.4, 0.5) is 10.1 Å². The molecule has 1 aliphatic rings. The highest BCUT2D eigenvalue weighted by Crippen LogP contribution is 2.26. The summed E-state index contributed by atoms with van der Waals surface area (Å²) in [5, 5.41) is 0. The molecule has 0 spiro atoms. The number of benzene rings is 1. The number of nitrogen functional groups attached to an aromatic ring is 1. The van der Waals surface area contributed by atoms with Crippen molar-refractivity contribution in [3.8, 4) is 0 Å². The summed E-state index contributed by atoms with van der Waals surface area (Å²) in [6.45, 7) is 2.32. The molecule has 0 saturated carbocycles. The normalized spacial score (nSPS) is 18.0. The van der Waals surface area contributed by atoms with Gasteiger partial charge in [0.25, 0.3) is 0 Å². The number of sulfonamides is 1. The van der Waals surface area contributed by atoms with Gasteiger partial charge in [0.2, 0.25) is 10.0 Å². The first-order valence-electron chi connectivity index (χ1n) is 6.72. The Hall–Kier alpha value is -0.700. The Balaban J connectivity index is 2.07. The summed E-state index contributed by atoms with van der Waals surface area (Å²) in [7, 11) is -1.68. The molecule has 0 radical (unpaired) electrons. The van der Waals surface area contributed by atoms with Gasteiger partial charge >= 0.3 is 0 Å². The fourth-order valence-electron chi connectivity index (χ4n) is 2.35. The van der Waals surface area contributed by atoms with Crippen LogP contribution in [-0.4, -0.2) is 40.0 Å². The zero-order valence-corrected chi connectivity index (χ0v) is 14.2. The first-order chi connectivity index (χ1) is 9.79. The van der Waals surface area contributed by atoms with E-state index >= 15 is 0 Å². The molecule has 21 heavy (non-hydrogen) atoms. The second-order valence-corrected chi connectivity index (χ2v) is 7.99. The van der Waals surface area contributed by atoms with Crippen LogP contribution in [0.1, 0.15) is 12.8 Å². The molecule has 5 nitrogen and oxygen atoms in total. The number of rotatable bonds is 4. The van der Waals surface area contributed by atoms with Gasteiger partial charge < -0.3 is 10.6 Å². The van der Waals surface area contributed by atoms with Crippen LogP contribution in [0.15, 0.2) is 21.5 Å². The first kappa shape index (κ1) is 16.7. The van der Waals surface area contributed by atoms with E-state index in [9.17, 15) is 12.8 Å². The Morgan fingerprint density at radius 1 is 1.43 bits per heavy atom. The lowest BCUT2D eigenvalue weighted by Gasteiger charge is -2.28. The molecule has 2 rings (SSSR count). The molecule has 8 heteroatoms. The number of halogens is 2. The van der Waals surface area contributed by atoms with Crippen molar-refractivity contribution in [1.29, 1.82) is 0 Å². The average Bonchev–Trinajstić information content (AvgIpc) is 2.42. The van der Waals surface area contributed by atoms with E-state index in [4.69, 9.17) is 5.73 Å². The molecule has 1 aromatic rings. The van der Waals surface area contributed by atoms with Gasteiger partial charge in [-0.2, -0.15) is 0 Å². The first-order valence-corrected chi connectivity index (χ1v) is 9.00. The van der Waals surface area contributed by atoms with E-state index in [1.54, 1.807) is 0 Å². The van der Waals surface area contributed by atoms with Crippen molar-refractivity contribution in [3.05, 3.63) is 22.4 Å². The van der Waals surface area contributed by atoms with E-state index < -0.39 is 15.8 Å². The minimum atomic E-state index is -3.73.